The average molecular weight is 730 g/mol. The fourth-order valence-corrected chi connectivity index (χ4v) is 4.98. The van der Waals surface area contributed by atoms with Crippen LogP contribution in [0.15, 0.2) is 106 Å². The van der Waals surface area contributed by atoms with E-state index in [1.165, 1.54) is 0 Å². The van der Waals surface area contributed by atoms with Crippen LogP contribution >= 0.6 is 15.9 Å². The summed E-state index contributed by atoms with van der Waals surface area (Å²) in [5.74, 6) is 2.16. The monoisotopic (exact) mass is 728 g/mol. The molecule has 0 bridgehead atoms. The molecule has 0 saturated heterocycles. The van der Waals surface area contributed by atoms with Gasteiger partial charge in [-0.25, -0.2) is 4.79 Å². The topological polar surface area (TPSA) is 149 Å². The summed E-state index contributed by atoms with van der Waals surface area (Å²) in [6.07, 6.45) is 5.40. The van der Waals surface area contributed by atoms with Gasteiger partial charge in [-0.05, 0) is 92.4 Å². The van der Waals surface area contributed by atoms with Crippen molar-refractivity contribution in [3.05, 3.63) is 96.7 Å². The smallest absolute Gasteiger partial charge is 0.330 e. The second-order valence-electron chi connectivity index (χ2n) is 10.5. The minimum absolute atomic E-state index is 0.303. The molecule has 0 fully saturated rings. The lowest BCUT2D eigenvalue weighted by Gasteiger charge is -2.06. The van der Waals surface area contributed by atoms with Crippen molar-refractivity contribution in [2.45, 2.75) is 32.1 Å². The Kier molecular flexibility index (Phi) is 12.5. The lowest BCUT2D eigenvalue weighted by molar-refractivity contribution is -0.138. The number of aromatic nitrogens is 4. The number of nitrogens with zero attached hydrogens (tertiary/aromatic N) is 4. The van der Waals surface area contributed by atoms with E-state index in [-0.39, 0.29) is 5.97 Å². The van der Waals surface area contributed by atoms with E-state index in [4.69, 9.17) is 28.0 Å². The van der Waals surface area contributed by atoms with Crippen LogP contribution in [0, 0.1) is 0 Å². The molecule has 252 valence electrons. The van der Waals surface area contributed by atoms with Crippen LogP contribution in [0.1, 0.15) is 32.1 Å². The van der Waals surface area contributed by atoms with Gasteiger partial charge in [0.1, 0.15) is 11.5 Å². The van der Waals surface area contributed by atoms with E-state index in [1.54, 1.807) is 0 Å². The lowest BCUT2D eigenvalue weighted by Crippen LogP contribution is -2.04. The van der Waals surface area contributed by atoms with Crippen molar-refractivity contribution in [2.75, 3.05) is 19.8 Å². The van der Waals surface area contributed by atoms with E-state index in [0.29, 0.717) is 91.6 Å². The summed E-state index contributed by atoms with van der Waals surface area (Å²) in [6, 6.07) is 20.3. The van der Waals surface area contributed by atoms with Gasteiger partial charge in [0, 0.05) is 39.2 Å². The number of unbranched alkanes of at least 4 members (excludes halogenated alkanes) is 2. The van der Waals surface area contributed by atoms with Gasteiger partial charge in [0.25, 0.3) is 11.8 Å². The van der Waals surface area contributed by atoms with Crippen LogP contribution in [0.2, 0.25) is 0 Å². The highest BCUT2D eigenvalue weighted by Crippen LogP contribution is 2.31. The van der Waals surface area contributed by atoms with Gasteiger partial charge in [-0.2, -0.15) is 9.97 Å². The van der Waals surface area contributed by atoms with Gasteiger partial charge in [0.2, 0.25) is 11.6 Å². The Morgan fingerprint density at radius 3 is 1.71 bits per heavy atom. The van der Waals surface area contributed by atoms with Gasteiger partial charge < -0.3 is 28.0 Å². The fraction of sp³-hybridized carbons (Fsp3) is 0.222. The summed E-state index contributed by atoms with van der Waals surface area (Å²) < 4.78 is 33.1. The molecule has 5 aromatic rings. The predicted octanol–water partition coefficient (Wildman–Crippen LogP) is 8.01. The SMILES string of the molecule is C=COC(=O)CCCCOc1ccc(-c2nc(-c3cc(Br)cc(-c4noc(-c5ccc(OCCCCOC(=O)C=C)cc5)n4)c3)no2)cc1. The maximum atomic E-state index is 11.4. The summed E-state index contributed by atoms with van der Waals surface area (Å²) in [5, 5.41) is 8.37. The molecule has 0 atom stereocenters. The molecule has 0 saturated carbocycles. The van der Waals surface area contributed by atoms with Crippen molar-refractivity contribution in [3.8, 4) is 57.2 Å². The van der Waals surface area contributed by atoms with Crippen LogP contribution in [0.4, 0.5) is 0 Å². The number of carbonyl (C=O) groups excluding carboxylic acids is 2. The number of benzene rings is 3. The molecule has 0 aliphatic rings. The van der Waals surface area contributed by atoms with Crippen molar-refractivity contribution >= 4 is 27.9 Å². The van der Waals surface area contributed by atoms with Crippen molar-refractivity contribution in [1.82, 2.24) is 20.3 Å². The number of carbonyl (C=O) groups is 2. The zero-order valence-corrected chi connectivity index (χ0v) is 28.1. The molecule has 49 heavy (non-hydrogen) atoms. The Hall–Kier alpha value is -5.56. The molecule has 2 aromatic heterocycles. The second-order valence-corrected chi connectivity index (χ2v) is 11.4. The molecule has 2 heterocycles. The molecule has 0 spiro atoms. The Morgan fingerprint density at radius 2 is 1.20 bits per heavy atom. The van der Waals surface area contributed by atoms with Crippen molar-refractivity contribution in [2.24, 2.45) is 0 Å². The van der Waals surface area contributed by atoms with Crippen LogP contribution in [0.3, 0.4) is 0 Å². The maximum absolute atomic E-state index is 11.4. The minimum Gasteiger partial charge on any atom is -0.494 e. The molecule has 13 heteroatoms. The first-order valence-electron chi connectivity index (χ1n) is 15.5. The van der Waals surface area contributed by atoms with E-state index < -0.39 is 5.97 Å². The first-order valence-corrected chi connectivity index (χ1v) is 16.3. The van der Waals surface area contributed by atoms with Gasteiger partial charge >= 0.3 is 11.9 Å². The van der Waals surface area contributed by atoms with E-state index >= 15 is 0 Å². The van der Waals surface area contributed by atoms with Gasteiger partial charge in [0.15, 0.2) is 0 Å². The standard InChI is InChI=1S/C36H33BrN4O8/c1-3-31(42)47-20-8-7-19-46-30-16-12-25(13-17-30)36-39-34(41-49-36)27-21-26(22-28(37)23-27)33-38-35(48-40-33)24-10-14-29(15-11-24)45-18-6-5-9-32(43)44-4-2/h3-4,10-17,21-23H,1-2,5-9,18-20H2. The summed E-state index contributed by atoms with van der Waals surface area (Å²) in [6.45, 7) is 8.03. The normalized spacial score (nSPS) is 10.7. The van der Waals surface area contributed by atoms with Gasteiger partial charge in [-0.3, -0.25) is 4.79 Å². The number of hydrogen-bond donors (Lipinski definition) is 0. The largest absolute Gasteiger partial charge is 0.494 e. The van der Waals surface area contributed by atoms with Gasteiger partial charge in [0.05, 0.1) is 26.1 Å². The summed E-state index contributed by atoms with van der Waals surface area (Å²) in [5.41, 5.74) is 2.87. The molecule has 0 aliphatic heterocycles. The number of ether oxygens (including phenoxy) is 4. The maximum Gasteiger partial charge on any atom is 0.330 e. The highest BCUT2D eigenvalue weighted by Gasteiger charge is 2.16. The zero-order chi connectivity index (χ0) is 34.4. The quantitative estimate of drug-likeness (QED) is 0.0372. The van der Waals surface area contributed by atoms with Crippen LogP contribution in [0.5, 0.6) is 11.5 Å². The summed E-state index contributed by atoms with van der Waals surface area (Å²) in [7, 11) is 0. The minimum atomic E-state index is -0.427. The van der Waals surface area contributed by atoms with Gasteiger partial charge in [-0.1, -0.05) is 39.4 Å². The summed E-state index contributed by atoms with van der Waals surface area (Å²) in [4.78, 5) is 31.6. The predicted molar refractivity (Wildman–Crippen MR) is 183 cm³/mol. The molecule has 0 aliphatic carbocycles. The number of rotatable bonds is 18. The van der Waals surface area contributed by atoms with Crippen LogP contribution in [-0.4, -0.2) is 52.0 Å². The first kappa shape index (κ1) is 34.8. The number of esters is 2. The molecule has 0 unspecified atom stereocenters. The molecule has 0 N–H and O–H groups in total. The Balaban J connectivity index is 1.16. The molecule has 12 nitrogen and oxygen atoms in total. The highest BCUT2D eigenvalue weighted by atomic mass is 79.9. The third kappa shape index (κ3) is 10.2. The van der Waals surface area contributed by atoms with E-state index in [2.05, 4.69) is 49.4 Å². The first-order chi connectivity index (χ1) is 23.9. The van der Waals surface area contributed by atoms with E-state index in [9.17, 15) is 9.59 Å². The van der Waals surface area contributed by atoms with Crippen LogP contribution < -0.4 is 9.47 Å². The van der Waals surface area contributed by atoms with Gasteiger partial charge in [-0.15, -0.1) is 0 Å². The van der Waals surface area contributed by atoms with E-state index in [0.717, 1.165) is 34.4 Å². The molecule has 0 amide bonds. The second kappa shape index (κ2) is 17.6. The molecular weight excluding hydrogens is 696 g/mol. The lowest BCUT2D eigenvalue weighted by atomic mass is 10.1. The number of halogens is 1. The van der Waals surface area contributed by atoms with Crippen molar-refractivity contribution in [3.63, 3.8) is 0 Å². The molecular formula is C36H33BrN4O8. The fourth-order valence-electron chi connectivity index (χ4n) is 4.49. The Labute approximate surface area is 290 Å². The Morgan fingerprint density at radius 1 is 0.694 bits per heavy atom. The Bertz CT molecular complexity index is 1870. The van der Waals surface area contributed by atoms with Crippen molar-refractivity contribution < 1.29 is 37.6 Å². The third-order valence-electron chi connectivity index (χ3n) is 6.95. The number of hydrogen-bond acceptors (Lipinski definition) is 12. The third-order valence-corrected chi connectivity index (χ3v) is 7.40. The zero-order valence-electron chi connectivity index (χ0n) is 26.5. The highest BCUT2D eigenvalue weighted by molar-refractivity contribution is 9.10. The average Bonchev–Trinajstić information content (AvgIpc) is 3.81. The van der Waals surface area contributed by atoms with E-state index in [1.807, 2.05) is 66.7 Å². The molecule has 5 rings (SSSR count). The summed E-state index contributed by atoms with van der Waals surface area (Å²) >= 11 is 3.56. The molecule has 0 radical (unpaired) electrons. The van der Waals surface area contributed by atoms with Crippen molar-refractivity contribution in [1.29, 1.82) is 0 Å². The van der Waals surface area contributed by atoms with Crippen LogP contribution in [0.25, 0.3) is 45.7 Å². The van der Waals surface area contributed by atoms with Crippen LogP contribution in [-0.2, 0) is 19.1 Å². The molecule has 3 aromatic carbocycles.